The first-order chi connectivity index (χ1) is 16.9. The van der Waals surface area contributed by atoms with Crippen molar-refractivity contribution in [1.29, 1.82) is 0 Å². The Morgan fingerprint density at radius 3 is 2.46 bits per heavy atom. The number of thiocarbonyl (C=S) groups is 1. The first-order valence-electron chi connectivity index (χ1n) is 11.5. The molecule has 0 aliphatic carbocycles. The second-order valence-corrected chi connectivity index (χ2v) is 9.56. The zero-order valence-electron chi connectivity index (χ0n) is 20.1. The molecule has 7 heteroatoms. The van der Waals surface area contributed by atoms with E-state index in [1.54, 1.807) is 7.11 Å². The van der Waals surface area contributed by atoms with Gasteiger partial charge in [0, 0.05) is 29.0 Å². The molecule has 1 saturated heterocycles. The van der Waals surface area contributed by atoms with Crippen molar-refractivity contribution in [2.24, 2.45) is 0 Å². The summed E-state index contributed by atoms with van der Waals surface area (Å²) in [4.78, 5) is 6.82. The van der Waals surface area contributed by atoms with E-state index in [0.29, 0.717) is 15.9 Å². The fraction of sp³-hybridized carbons (Fsp3) is 0.214. The highest BCUT2D eigenvalue weighted by molar-refractivity contribution is 7.80. The summed E-state index contributed by atoms with van der Waals surface area (Å²) >= 11 is 12.4. The van der Waals surface area contributed by atoms with Gasteiger partial charge in [0.2, 0.25) is 0 Å². The van der Waals surface area contributed by atoms with E-state index in [0.717, 1.165) is 17.1 Å². The van der Waals surface area contributed by atoms with Gasteiger partial charge in [-0.15, -0.1) is 0 Å². The average molecular weight is 503 g/mol. The van der Waals surface area contributed by atoms with E-state index in [1.165, 1.54) is 22.5 Å². The van der Waals surface area contributed by atoms with E-state index in [2.05, 4.69) is 70.9 Å². The van der Waals surface area contributed by atoms with E-state index in [-0.39, 0.29) is 12.1 Å². The van der Waals surface area contributed by atoms with Crippen molar-refractivity contribution >= 4 is 34.6 Å². The summed E-state index contributed by atoms with van der Waals surface area (Å²) in [5, 5.41) is 4.71. The lowest BCUT2D eigenvalue weighted by molar-refractivity contribution is 0.415. The molecule has 5 nitrogen and oxygen atoms in total. The highest BCUT2D eigenvalue weighted by Crippen LogP contribution is 2.45. The number of nitrogens with zero attached hydrogens (tertiary/aromatic N) is 3. The molecule has 178 valence electrons. The minimum atomic E-state index is -0.129. The van der Waals surface area contributed by atoms with Crippen LogP contribution in [0.3, 0.4) is 0 Å². The molecule has 3 heterocycles. The minimum absolute atomic E-state index is 0.120. The van der Waals surface area contributed by atoms with Gasteiger partial charge >= 0.3 is 0 Å². The number of anilines is 1. The fourth-order valence-electron chi connectivity index (χ4n) is 5.03. The van der Waals surface area contributed by atoms with Crippen LogP contribution in [0.4, 0.5) is 5.69 Å². The lowest BCUT2D eigenvalue weighted by Gasteiger charge is -2.28. The Hall–Kier alpha value is -3.35. The summed E-state index contributed by atoms with van der Waals surface area (Å²) in [5.41, 5.74) is 7.74. The predicted octanol–water partition coefficient (Wildman–Crippen LogP) is 6.64. The summed E-state index contributed by atoms with van der Waals surface area (Å²) in [7, 11) is 1.61. The molecule has 35 heavy (non-hydrogen) atoms. The third-order valence-corrected chi connectivity index (χ3v) is 7.27. The summed E-state index contributed by atoms with van der Waals surface area (Å²) in [5.74, 6) is 0.629. The molecule has 0 amide bonds. The quantitative estimate of drug-likeness (QED) is 0.310. The van der Waals surface area contributed by atoms with Crippen molar-refractivity contribution in [3.8, 4) is 11.4 Å². The molecule has 0 saturated carbocycles. The number of benzene rings is 2. The maximum atomic E-state index is 6.53. The van der Waals surface area contributed by atoms with Gasteiger partial charge in [-0.25, -0.2) is 0 Å². The molecule has 0 radical (unpaired) electrons. The molecule has 5 rings (SSSR count). The van der Waals surface area contributed by atoms with Crippen LogP contribution < -0.4 is 15.0 Å². The van der Waals surface area contributed by atoms with Gasteiger partial charge in [0.1, 0.15) is 5.75 Å². The molecule has 0 spiro atoms. The van der Waals surface area contributed by atoms with Crippen molar-refractivity contribution in [2.45, 2.75) is 32.9 Å². The molecular formula is C28H27ClN4OS. The van der Waals surface area contributed by atoms with Gasteiger partial charge in [0.25, 0.3) is 0 Å². The lowest BCUT2D eigenvalue weighted by Crippen LogP contribution is -2.29. The normalized spacial score (nSPS) is 17.5. The molecule has 1 N–H and O–H groups in total. The number of nitrogens with one attached hydrogen (secondary N) is 1. The molecule has 2 aromatic heterocycles. The average Bonchev–Trinajstić information content (AvgIpc) is 3.35. The smallest absolute Gasteiger partial charge is 0.174 e. The molecule has 1 aliphatic rings. The van der Waals surface area contributed by atoms with Gasteiger partial charge in [-0.2, -0.15) is 0 Å². The van der Waals surface area contributed by atoms with Crippen LogP contribution in [0.1, 0.15) is 40.3 Å². The Labute approximate surface area is 216 Å². The first-order valence-corrected chi connectivity index (χ1v) is 12.3. The summed E-state index contributed by atoms with van der Waals surface area (Å²) in [6, 6.07) is 22.2. The second kappa shape index (κ2) is 9.36. The van der Waals surface area contributed by atoms with E-state index in [4.69, 9.17) is 28.6 Å². The van der Waals surface area contributed by atoms with Crippen LogP contribution in [0.15, 0.2) is 72.9 Å². The SMILES string of the molecule is COc1ccc(N2C(=S)N[C@@H](c3ccccn3)[C@@H]2c2cc(C)n(-c3ccccc3C)c2C)cc1Cl. The Morgan fingerprint density at radius 2 is 1.77 bits per heavy atom. The van der Waals surface area contributed by atoms with Crippen molar-refractivity contribution in [2.75, 3.05) is 12.0 Å². The van der Waals surface area contributed by atoms with Crippen LogP contribution in [0.2, 0.25) is 5.02 Å². The van der Waals surface area contributed by atoms with Crippen LogP contribution in [-0.4, -0.2) is 21.8 Å². The molecule has 1 fully saturated rings. The van der Waals surface area contributed by atoms with Gasteiger partial charge < -0.3 is 19.5 Å². The molecule has 0 bridgehead atoms. The molecule has 2 aromatic carbocycles. The fourth-order valence-corrected chi connectivity index (χ4v) is 5.62. The topological polar surface area (TPSA) is 42.3 Å². The summed E-state index contributed by atoms with van der Waals surface area (Å²) in [6.07, 6.45) is 1.82. The Kier molecular flexibility index (Phi) is 6.26. The zero-order valence-corrected chi connectivity index (χ0v) is 21.7. The number of pyridine rings is 1. The maximum absolute atomic E-state index is 6.53. The largest absolute Gasteiger partial charge is 0.495 e. The Morgan fingerprint density at radius 1 is 1.00 bits per heavy atom. The number of rotatable bonds is 5. The van der Waals surface area contributed by atoms with E-state index in [1.807, 2.05) is 42.6 Å². The van der Waals surface area contributed by atoms with Crippen LogP contribution >= 0.6 is 23.8 Å². The standard InChI is InChI=1S/C28H27ClN4OS/c1-17-9-5-6-11-24(17)32-18(2)15-21(19(32)3)27-26(23-10-7-8-14-30-23)31-28(35)33(27)20-12-13-25(34-4)22(29)16-20/h5-16,26-27H,1-4H3,(H,31,35)/t26-,27-/m0/s1. The summed E-state index contributed by atoms with van der Waals surface area (Å²) < 4.78 is 7.70. The molecular weight excluding hydrogens is 476 g/mol. The van der Waals surface area contributed by atoms with Crippen LogP contribution in [0.5, 0.6) is 5.75 Å². The van der Waals surface area contributed by atoms with Gasteiger partial charge in [-0.05, 0) is 86.6 Å². The monoisotopic (exact) mass is 502 g/mol. The van der Waals surface area contributed by atoms with Crippen molar-refractivity contribution in [3.05, 3.63) is 106 Å². The number of halogens is 1. The molecule has 0 unspecified atom stereocenters. The zero-order chi connectivity index (χ0) is 24.7. The van der Waals surface area contributed by atoms with Gasteiger partial charge in [0.15, 0.2) is 5.11 Å². The lowest BCUT2D eigenvalue weighted by atomic mass is 9.96. The highest BCUT2D eigenvalue weighted by atomic mass is 35.5. The number of aryl methyl sites for hydroxylation is 2. The number of hydrogen-bond acceptors (Lipinski definition) is 3. The van der Waals surface area contributed by atoms with Gasteiger partial charge in [-0.3, -0.25) is 4.98 Å². The minimum Gasteiger partial charge on any atom is -0.495 e. The third kappa shape index (κ3) is 4.07. The Bertz CT molecular complexity index is 1400. The van der Waals surface area contributed by atoms with Crippen molar-refractivity contribution in [3.63, 3.8) is 0 Å². The number of ether oxygens (including phenoxy) is 1. The van der Waals surface area contributed by atoms with Gasteiger partial charge in [-0.1, -0.05) is 35.9 Å². The van der Waals surface area contributed by atoms with E-state index in [9.17, 15) is 0 Å². The van der Waals surface area contributed by atoms with E-state index < -0.39 is 0 Å². The second-order valence-electron chi connectivity index (χ2n) is 8.76. The Balaban J connectivity index is 1.69. The molecule has 2 atom stereocenters. The molecule has 4 aromatic rings. The van der Waals surface area contributed by atoms with Crippen LogP contribution in [0, 0.1) is 20.8 Å². The van der Waals surface area contributed by atoms with E-state index >= 15 is 0 Å². The number of hydrogen-bond donors (Lipinski definition) is 1. The number of aromatic nitrogens is 2. The maximum Gasteiger partial charge on any atom is 0.174 e. The third-order valence-electron chi connectivity index (χ3n) is 6.66. The van der Waals surface area contributed by atoms with Crippen molar-refractivity contribution in [1.82, 2.24) is 14.9 Å². The highest BCUT2D eigenvalue weighted by Gasteiger charge is 2.42. The number of methoxy groups -OCH3 is 1. The number of para-hydroxylation sites is 1. The molecule has 1 aliphatic heterocycles. The first kappa shape index (κ1) is 23.4. The predicted molar refractivity (Wildman–Crippen MR) is 146 cm³/mol. The van der Waals surface area contributed by atoms with Gasteiger partial charge in [0.05, 0.1) is 29.9 Å². The summed E-state index contributed by atoms with van der Waals surface area (Å²) in [6.45, 7) is 6.46. The van der Waals surface area contributed by atoms with Crippen LogP contribution in [-0.2, 0) is 0 Å². The van der Waals surface area contributed by atoms with Crippen LogP contribution in [0.25, 0.3) is 5.69 Å². The van der Waals surface area contributed by atoms with Crippen molar-refractivity contribution < 1.29 is 4.74 Å².